The highest BCUT2D eigenvalue weighted by Gasteiger charge is 2.13. The van der Waals surface area contributed by atoms with Crippen molar-refractivity contribution in [3.63, 3.8) is 0 Å². The Morgan fingerprint density at radius 2 is 1.89 bits per heavy atom. The molecule has 5 nitrogen and oxygen atoms in total. The minimum Gasteiger partial charge on any atom is -0.493 e. The third kappa shape index (κ3) is 3.87. The van der Waals surface area contributed by atoms with Gasteiger partial charge in [0.05, 0.1) is 26.9 Å². The number of ether oxygens (including phenoxy) is 2. The van der Waals surface area contributed by atoms with E-state index in [1.165, 1.54) is 0 Å². The lowest BCUT2D eigenvalue weighted by atomic mass is 10.1. The molecule has 0 aromatic heterocycles. The Labute approximate surface area is 108 Å². The van der Waals surface area contributed by atoms with Crippen molar-refractivity contribution in [2.45, 2.75) is 6.10 Å². The lowest BCUT2D eigenvalue weighted by molar-refractivity contribution is 0.115. The Hall–Kier alpha value is -1.30. The van der Waals surface area contributed by atoms with Crippen LogP contribution in [0.4, 0.5) is 0 Å². The first-order valence-electron chi connectivity index (χ1n) is 5.81. The van der Waals surface area contributed by atoms with Gasteiger partial charge in [-0.2, -0.15) is 0 Å². The quantitative estimate of drug-likeness (QED) is 0.749. The van der Waals surface area contributed by atoms with E-state index in [0.717, 1.165) is 5.56 Å². The summed E-state index contributed by atoms with van der Waals surface area (Å²) in [6.45, 7) is 1.07. The third-order valence-corrected chi connectivity index (χ3v) is 2.76. The fourth-order valence-corrected chi connectivity index (χ4v) is 1.72. The van der Waals surface area contributed by atoms with Crippen LogP contribution in [0.25, 0.3) is 0 Å². The van der Waals surface area contributed by atoms with Crippen molar-refractivity contribution in [3.05, 3.63) is 23.8 Å². The van der Waals surface area contributed by atoms with Crippen LogP contribution in [0.5, 0.6) is 11.5 Å². The topological polar surface area (TPSA) is 62.2 Å². The predicted octanol–water partition coefficient (Wildman–Crippen LogP) is 0.661. The van der Waals surface area contributed by atoms with Crippen molar-refractivity contribution in [1.29, 1.82) is 0 Å². The average Bonchev–Trinajstić information content (AvgIpc) is 2.38. The van der Waals surface area contributed by atoms with Crippen molar-refractivity contribution in [3.8, 4) is 11.5 Å². The molecule has 0 aliphatic heterocycles. The number of rotatable bonds is 7. The van der Waals surface area contributed by atoms with Crippen LogP contribution in [-0.4, -0.2) is 56.1 Å². The van der Waals surface area contributed by atoms with Gasteiger partial charge in [0.15, 0.2) is 11.5 Å². The summed E-state index contributed by atoms with van der Waals surface area (Å²) in [5.41, 5.74) is 0.762. The van der Waals surface area contributed by atoms with E-state index in [0.29, 0.717) is 24.6 Å². The first-order chi connectivity index (χ1) is 8.62. The number of likely N-dealkylation sites (N-methyl/N-ethyl adjacent to an activating group) is 1. The van der Waals surface area contributed by atoms with Gasteiger partial charge in [-0.05, 0) is 24.7 Å². The summed E-state index contributed by atoms with van der Waals surface area (Å²) < 4.78 is 10.3. The van der Waals surface area contributed by atoms with Crippen LogP contribution in [0.2, 0.25) is 0 Å². The van der Waals surface area contributed by atoms with E-state index in [1.807, 2.05) is 11.9 Å². The Balaban J connectivity index is 2.76. The number of aliphatic hydroxyl groups is 2. The van der Waals surface area contributed by atoms with Crippen LogP contribution >= 0.6 is 0 Å². The Morgan fingerprint density at radius 1 is 1.22 bits per heavy atom. The van der Waals surface area contributed by atoms with Crippen LogP contribution in [0.3, 0.4) is 0 Å². The molecule has 1 aromatic rings. The molecule has 5 heteroatoms. The van der Waals surface area contributed by atoms with Crippen LogP contribution in [-0.2, 0) is 0 Å². The molecule has 0 spiro atoms. The second-order valence-electron chi connectivity index (χ2n) is 4.12. The van der Waals surface area contributed by atoms with E-state index in [-0.39, 0.29) is 6.61 Å². The Morgan fingerprint density at radius 3 is 2.44 bits per heavy atom. The molecule has 1 unspecified atom stereocenters. The maximum absolute atomic E-state index is 10.1. The molecule has 18 heavy (non-hydrogen) atoms. The summed E-state index contributed by atoms with van der Waals surface area (Å²) in [4.78, 5) is 1.86. The van der Waals surface area contributed by atoms with Gasteiger partial charge >= 0.3 is 0 Å². The highest BCUT2D eigenvalue weighted by atomic mass is 16.5. The standard InChI is InChI=1S/C13H21NO4/c1-14(6-7-15)9-11(16)10-4-5-12(17-2)13(8-10)18-3/h4-5,8,11,15-16H,6-7,9H2,1-3H3. The summed E-state index contributed by atoms with van der Waals surface area (Å²) in [6, 6.07) is 5.33. The minimum absolute atomic E-state index is 0.0785. The fourth-order valence-electron chi connectivity index (χ4n) is 1.72. The van der Waals surface area contributed by atoms with E-state index in [9.17, 15) is 5.11 Å². The van der Waals surface area contributed by atoms with Gasteiger partial charge in [0, 0.05) is 13.1 Å². The second kappa shape index (κ2) is 7.20. The van der Waals surface area contributed by atoms with Crippen molar-refractivity contribution in [1.82, 2.24) is 4.90 Å². The molecule has 102 valence electrons. The molecule has 0 saturated heterocycles. The zero-order valence-electron chi connectivity index (χ0n) is 11.1. The van der Waals surface area contributed by atoms with Gasteiger partial charge in [0.2, 0.25) is 0 Å². The molecule has 0 saturated carbocycles. The van der Waals surface area contributed by atoms with Gasteiger partial charge in [0.25, 0.3) is 0 Å². The predicted molar refractivity (Wildman–Crippen MR) is 69.1 cm³/mol. The molecule has 2 N–H and O–H groups in total. The van der Waals surface area contributed by atoms with Crippen molar-refractivity contribution in [2.75, 3.05) is 41.0 Å². The molecule has 0 heterocycles. The van der Waals surface area contributed by atoms with Gasteiger partial charge in [-0.3, -0.25) is 0 Å². The monoisotopic (exact) mass is 255 g/mol. The summed E-state index contributed by atoms with van der Waals surface area (Å²) in [5, 5.41) is 18.9. The normalized spacial score (nSPS) is 12.6. The molecular weight excluding hydrogens is 234 g/mol. The summed E-state index contributed by atoms with van der Waals surface area (Å²) in [6.07, 6.45) is -0.624. The maximum atomic E-state index is 10.1. The molecule has 0 fully saturated rings. The number of benzene rings is 1. The van der Waals surface area contributed by atoms with E-state index in [1.54, 1.807) is 32.4 Å². The molecule has 1 aromatic carbocycles. The van der Waals surface area contributed by atoms with Gasteiger partial charge in [-0.15, -0.1) is 0 Å². The molecule has 0 aliphatic rings. The first kappa shape index (κ1) is 14.8. The van der Waals surface area contributed by atoms with E-state index >= 15 is 0 Å². The fraction of sp³-hybridized carbons (Fsp3) is 0.538. The van der Waals surface area contributed by atoms with Crippen molar-refractivity contribution in [2.24, 2.45) is 0 Å². The molecule has 1 rings (SSSR count). The maximum Gasteiger partial charge on any atom is 0.161 e. The Bertz CT molecular complexity index is 370. The summed E-state index contributed by atoms with van der Waals surface area (Å²) in [7, 11) is 4.98. The van der Waals surface area contributed by atoms with Gasteiger partial charge < -0.3 is 24.6 Å². The van der Waals surface area contributed by atoms with E-state index in [4.69, 9.17) is 14.6 Å². The molecule has 0 bridgehead atoms. The van der Waals surface area contributed by atoms with Crippen LogP contribution < -0.4 is 9.47 Å². The summed E-state index contributed by atoms with van der Waals surface area (Å²) in [5.74, 6) is 1.23. The van der Waals surface area contributed by atoms with E-state index in [2.05, 4.69) is 0 Å². The SMILES string of the molecule is COc1ccc(C(O)CN(C)CCO)cc1OC. The minimum atomic E-state index is -0.624. The molecule has 0 amide bonds. The number of hydrogen-bond acceptors (Lipinski definition) is 5. The van der Waals surface area contributed by atoms with Crippen LogP contribution in [0.15, 0.2) is 18.2 Å². The third-order valence-electron chi connectivity index (χ3n) is 2.76. The largest absolute Gasteiger partial charge is 0.493 e. The lowest BCUT2D eigenvalue weighted by Crippen LogP contribution is -2.27. The number of methoxy groups -OCH3 is 2. The molecule has 0 aliphatic carbocycles. The highest BCUT2D eigenvalue weighted by molar-refractivity contribution is 5.43. The van der Waals surface area contributed by atoms with Gasteiger partial charge in [-0.1, -0.05) is 6.07 Å². The van der Waals surface area contributed by atoms with E-state index < -0.39 is 6.10 Å². The van der Waals surface area contributed by atoms with Crippen molar-refractivity contribution < 1.29 is 19.7 Å². The first-order valence-corrected chi connectivity index (χ1v) is 5.81. The zero-order valence-corrected chi connectivity index (χ0v) is 11.1. The highest BCUT2D eigenvalue weighted by Crippen LogP contribution is 2.30. The zero-order chi connectivity index (χ0) is 13.5. The van der Waals surface area contributed by atoms with Crippen LogP contribution in [0, 0.1) is 0 Å². The summed E-state index contributed by atoms with van der Waals surface area (Å²) >= 11 is 0. The number of hydrogen-bond donors (Lipinski definition) is 2. The molecule has 1 atom stereocenters. The smallest absolute Gasteiger partial charge is 0.161 e. The van der Waals surface area contributed by atoms with Gasteiger partial charge in [0.1, 0.15) is 0 Å². The second-order valence-corrected chi connectivity index (χ2v) is 4.12. The van der Waals surface area contributed by atoms with Gasteiger partial charge in [-0.25, -0.2) is 0 Å². The van der Waals surface area contributed by atoms with Crippen LogP contribution in [0.1, 0.15) is 11.7 Å². The van der Waals surface area contributed by atoms with Crippen molar-refractivity contribution >= 4 is 0 Å². The average molecular weight is 255 g/mol. The number of aliphatic hydroxyl groups excluding tert-OH is 2. The molecular formula is C13H21NO4. The molecule has 0 radical (unpaired) electrons. The lowest BCUT2D eigenvalue weighted by Gasteiger charge is -2.20. The number of nitrogens with zero attached hydrogens (tertiary/aromatic N) is 1. The Kier molecular flexibility index (Phi) is 5.91.